The second-order valence-corrected chi connectivity index (χ2v) is 3.53. The summed E-state index contributed by atoms with van der Waals surface area (Å²) in [5.41, 5.74) is 11.5. The monoisotopic (exact) mass is 247 g/mol. The molecule has 7 heteroatoms. The van der Waals surface area contributed by atoms with Crippen LogP contribution in [0.5, 0.6) is 5.75 Å². The van der Waals surface area contributed by atoms with Gasteiger partial charge in [0.2, 0.25) is 0 Å². The summed E-state index contributed by atoms with van der Waals surface area (Å²) >= 11 is 0. The molecule has 7 nitrogen and oxygen atoms in total. The summed E-state index contributed by atoms with van der Waals surface area (Å²) in [6, 6.07) is 7.09. The normalized spacial score (nSPS) is 10.3. The second-order valence-electron chi connectivity index (χ2n) is 3.53. The summed E-state index contributed by atoms with van der Waals surface area (Å²) in [7, 11) is 0. The van der Waals surface area contributed by atoms with Crippen LogP contribution in [0.1, 0.15) is 17.4 Å². The van der Waals surface area contributed by atoms with Gasteiger partial charge in [0.25, 0.3) is 5.91 Å². The number of nitrogens with zero attached hydrogens (tertiary/aromatic N) is 3. The van der Waals surface area contributed by atoms with E-state index in [2.05, 4.69) is 10.3 Å². The fourth-order valence-electron chi connectivity index (χ4n) is 1.51. The fourth-order valence-corrected chi connectivity index (χ4v) is 1.51. The number of carbonyl (C=O) groups is 1. The van der Waals surface area contributed by atoms with Crippen LogP contribution in [0.15, 0.2) is 24.3 Å². The van der Waals surface area contributed by atoms with Crippen molar-refractivity contribution in [2.45, 2.75) is 6.92 Å². The van der Waals surface area contributed by atoms with Gasteiger partial charge in [-0.1, -0.05) is 5.21 Å². The van der Waals surface area contributed by atoms with E-state index in [0.717, 1.165) is 5.75 Å². The third-order valence-electron chi connectivity index (χ3n) is 2.33. The lowest BCUT2D eigenvalue weighted by atomic mass is 10.3. The summed E-state index contributed by atoms with van der Waals surface area (Å²) in [6.07, 6.45) is 0. The molecule has 1 aromatic carbocycles. The van der Waals surface area contributed by atoms with Crippen molar-refractivity contribution in [1.82, 2.24) is 15.0 Å². The van der Waals surface area contributed by atoms with Crippen LogP contribution in [-0.2, 0) is 0 Å². The minimum Gasteiger partial charge on any atom is -0.494 e. The number of hydrogen-bond donors (Lipinski definition) is 2. The predicted octanol–water partition coefficient (Wildman–Crippen LogP) is 0.347. The third-order valence-corrected chi connectivity index (χ3v) is 2.33. The smallest absolute Gasteiger partial charge is 0.273 e. The van der Waals surface area contributed by atoms with E-state index >= 15 is 0 Å². The Labute approximate surface area is 103 Å². The number of benzene rings is 1. The Bertz CT molecular complexity index is 561. The van der Waals surface area contributed by atoms with E-state index in [-0.39, 0.29) is 11.5 Å². The lowest BCUT2D eigenvalue weighted by molar-refractivity contribution is 0.0996. The molecule has 0 spiro atoms. The van der Waals surface area contributed by atoms with E-state index in [0.29, 0.717) is 12.3 Å². The molecule has 94 valence electrons. The largest absolute Gasteiger partial charge is 0.494 e. The first-order chi connectivity index (χ1) is 8.63. The first kappa shape index (κ1) is 11.9. The van der Waals surface area contributed by atoms with Gasteiger partial charge in [0.05, 0.1) is 12.3 Å². The molecular formula is C11H13N5O2. The number of nitrogens with two attached hydrogens (primary N) is 2. The molecule has 2 rings (SSSR count). The average molecular weight is 247 g/mol. The second kappa shape index (κ2) is 4.74. The van der Waals surface area contributed by atoms with E-state index in [1.807, 2.05) is 6.92 Å². The maximum Gasteiger partial charge on any atom is 0.273 e. The van der Waals surface area contributed by atoms with Gasteiger partial charge in [-0.05, 0) is 31.2 Å². The van der Waals surface area contributed by atoms with Crippen molar-refractivity contribution >= 4 is 11.7 Å². The maximum absolute atomic E-state index is 11.0. The van der Waals surface area contributed by atoms with Gasteiger partial charge in [-0.15, -0.1) is 5.10 Å². The molecule has 4 N–H and O–H groups in total. The third kappa shape index (κ3) is 2.10. The van der Waals surface area contributed by atoms with Crippen molar-refractivity contribution in [1.29, 1.82) is 0 Å². The maximum atomic E-state index is 11.0. The Balaban J connectivity index is 2.34. The van der Waals surface area contributed by atoms with Gasteiger partial charge in [-0.25, -0.2) is 0 Å². The van der Waals surface area contributed by atoms with Crippen molar-refractivity contribution in [3.8, 4) is 11.4 Å². The zero-order valence-electron chi connectivity index (χ0n) is 9.83. The molecule has 0 fully saturated rings. The van der Waals surface area contributed by atoms with E-state index in [9.17, 15) is 4.79 Å². The summed E-state index contributed by atoms with van der Waals surface area (Å²) in [6.45, 7) is 2.50. The zero-order valence-corrected chi connectivity index (χ0v) is 9.83. The van der Waals surface area contributed by atoms with Gasteiger partial charge in [-0.2, -0.15) is 4.68 Å². The fraction of sp³-hybridized carbons (Fsp3) is 0.182. The molecule has 0 saturated carbocycles. The Hall–Kier alpha value is -2.57. The van der Waals surface area contributed by atoms with Crippen LogP contribution in [0.25, 0.3) is 5.69 Å². The Morgan fingerprint density at radius 2 is 2.06 bits per heavy atom. The number of primary amides is 1. The molecule has 0 aliphatic carbocycles. The van der Waals surface area contributed by atoms with Gasteiger partial charge < -0.3 is 16.2 Å². The lowest BCUT2D eigenvalue weighted by Crippen LogP contribution is -2.14. The Kier molecular flexibility index (Phi) is 3.13. The highest BCUT2D eigenvalue weighted by Gasteiger charge is 2.15. The van der Waals surface area contributed by atoms with Crippen molar-refractivity contribution in [3.05, 3.63) is 30.0 Å². The van der Waals surface area contributed by atoms with Gasteiger partial charge in [0.15, 0.2) is 11.5 Å². The molecule has 0 aliphatic rings. The van der Waals surface area contributed by atoms with E-state index in [1.54, 1.807) is 24.3 Å². The summed E-state index contributed by atoms with van der Waals surface area (Å²) < 4.78 is 6.66. The summed E-state index contributed by atoms with van der Waals surface area (Å²) in [5.74, 6) is 0.159. The van der Waals surface area contributed by atoms with E-state index < -0.39 is 5.91 Å². The topological polar surface area (TPSA) is 109 Å². The quantitative estimate of drug-likeness (QED) is 0.810. The van der Waals surface area contributed by atoms with Crippen LogP contribution in [-0.4, -0.2) is 27.5 Å². The zero-order chi connectivity index (χ0) is 13.1. The number of rotatable bonds is 4. The van der Waals surface area contributed by atoms with Crippen LogP contribution >= 0.6 is 0 Å². The Morgan fingerprint density at radius 3 is 2.56 bits per heavy atom. The van der Waals surface area contributed by atoms with Crippen LogP contribution in [0, 0.1) is 0 Å². The highest BCUT2D eigenvalue weighted by molar-refractivity contribution is 5.95. The minimum absolute atomic E-state index is 0.0381. The van der Waals surface area contributed by atoms with Crippen LogP contribution in [0.3, 0.4) is 0 Å². The molecule has 1 heterocycles. The van der Waals surface area contributed by atoms with Crippen LogP contribution < -0.4 is 16.2 Å². The standard InChI is InChI=1S/C11H13N5O2/c1-2-18-8-5-3-7(4-6-8)16-10(12)9(11(13)17)14-15-16/h3-6H,2,12H2,1H3,(H2,13,17). The molecule has 18 heavy (non-hydrogen) atoms. The number of hydrogen-bond acceptors (Lipinski definition) is 5. The van der Waals surface area contributed by atoms with Crippen molar-refractivity contribution in [2.24, 2.45) is 5.73 Å². The van der Waals surface area contributed by atoms with E-state index in [1.165, 1.54) is 4.68 Å². The minimum atomic E-state index is -0.704. The number of amides is 1. The van der Waals surface area contributed by atoms with Crippen LogP contribution in [0.2, 0.25) is 0 Å². The van der Waals surface area contributed by atoms with Crippen molar-refractivity contribution in [3.63, 3.8) is 0 Å². The Morgan fingerprint density at radius 1 is 1.39 bits per heavy atom. The van der Waals surface area contributed by atoms with Crippen molar-refractivity contribution in [2.75, 3.05) is 12.3 Å². The highest BCUT2D eigenvalue weighted by atomic mass is 16.5. The predicted molar refractivity (Wildman–Crippen MR) is 65.5 cm³/mol. The number of ether oxygens (including phenoxy) is 1. The number of nitrogen functional groups attached to an aromatic ring is 1. The number of carbonyl (C=O) groups excluding carboxylic acids is 1. The lowest BCUT2D eigenvalue weighted by Gasteiger charge is -2.05. The molecule has 0 atom stereocenters. The average Bonchev–Trinajstić information content (AvgIpc) is 2.73. The number of aromatic nitrogens is 3. The van der Waals surface area contributed by atoms with Crippen LogP contribution in [0.4, 0.5) is 5.82 Å². The first-order valence-electron chi connectivity index (χ1n) is 5.37. The molecule has 1 aromatic heterocycles. The van der Waals surface area contributed by atoms with Gasteiger partial charge in [0, 0.05) is 0 Å². The van der Waals surface area contributed by atoms with Gasteiger partial charge >= 0.3 is 0 Å². The molecule has 2 aromatic rings. The van der Waals surface area contributed by atoms with Crippen molar-refractivity contribution < 1.29 is 9.53 Å². The molecule has 0 aliphatic heterocycles. The first-order valence-corrected chi connectivity index (χ1v) is 5.37. The van der Waals surface area contributed by atoms with Gasteiger partial charge in [0.1, 0.15) is 5.75 Å². The molecular weight excluding hydrogens is 234 g/mol. The SMILES string of the molecule is CCOc1ccc(-n2nnc(C(N)=O)c2N)cc1. The molecule has 0 bridgehead atoms. The number of anilines is 1. The molecule has 0 unspecified atom stereocenters. The van der Waals surface area contributed by atoms with Gasteiger partial charge in [-0.3, -0.25) is 4.79 Å². The molecule has 0 saturated heterocycles. The highest BCUT2D eigenvalue weighted by Crippen LogP contribution is 2.18. The summed E-state index contributed by atoms with van der Waals surface area (Å²) in [4.78, 5) is 11.0. The summed E-state index contributed by atoms with van der Waals surface area (Å²) in [5, 5.41) is 7.42. The molecule has 0 radical (unpaired) electrons. The van der Waals surface area contributed by atoms with E-state index in [4.69, 9.17) is 16.2 Å². The molecule has 1 amide bonds.